The Hall–Kier alpha value is -1.86. The largest absolute Gasteiger partial charge is 0.342 e. The van der Waals surface area contributed by atoms with E-state index in [1.807, 2.05) is 11.8 Å². The number of amides is 1. The third kappa shape index (κ3) is 3.17. The molecule has 2 aromatic rings. The van der Waals surface area contributed by atoms with Crippen LogP contribution in [0.25, 0.3) is 0 Å². The zero-order valence-corrected chi connectivity index (χ0v) is 16.2. The van der Waals surface area contributed by atoms with Crippen LogP contribution in [0.4, 0.5) is 0 Å². The molecule has 1 amide bonds. The Bertz CT molecular complexity index is 843. The summed E-state index contributed by atoms with van der Waals surface area (Å²) in [6.07, 6.45) is 2.92. The van der Waals surface area contributed by atoms with Crippen LogP contribution < -0.4 is 5.32 Å². The maximum Gasteiger partial charge on any atom is 0.230 e. The summed E-state index contributed by atoms with van der Waals surface area (Å²) in [6.45, 7) is 4.40. The second-order valence-corrected chi connectivity index (χ2v) is 8.77. The molecule has 0 bridgehead atoms. The molecule has 6 nitrogen and oxygen atoms in total. The van der Waals surface area contributed by atoms with Crippen molar-refractivity contribution >= 4 is 17.7 Å². The first-order valence-electron chi connectivity index (χ1n) is 9.94. The minimum atomic E-state index is 0.0333. The third-order valence-corrected chi connectivity index (χ3v) is 7.20. The standard InChI is InChI=1S/C20H25N5OS/c26-20(16-7-12-27-17-4-2-1-3-15(16)17)24-9-5-14(6-10-24)19-23-22-18-13-21-8-11-25(18)19/h1-4,14,16,21H,5-13H2. The van der Waals surface area contributed by atoms with Crippen LogP contribution in [0.5, 0.6) is 0 Å². The Kier molecular flexibility index (Phi) is 4.65. The van der Waals surface area contributed by atoms with Crippen LogP contribution in [0.1, 0.15) is 48.3 Å². The van der Waals surface area contributed by atoms with E-state index < -0.39 is 0 Å². The number of hydrogen-bond acceptors (Lipinski definition) is 5. The molecule has 5 rings (SSSR count). The van der Waals surface area contributed by atoms with E-state index in [4.69, 9.17) is 0 Å². The average molecular weight is 384 g/mol. The normalized spacial score (nSPS) is 23.0. The number of nitrogens with one attached hydrogen (secondary N) is 1. The lowest BCUT2D eigenvalue weighted by molar-refractivity contribution is -0.134. The number of rotatable bonds is 2. The van der Waals surface area contributed by atoms with Crippen molar-refractivity contribution in [3.8, 4) is 0 Å². The lowest BCUT2D eigenvalue weighted by atomic mass is 9.91. The van der Waals surface area contributed by atoms with Gasteiger partial charge in [-0.3, -0.25) is 4.79 Å². The molecule has 1 aromatic heterocycles. The Morgan fingerprint density at radius 1 is 1.11 bits per heavy atom. The number of hydrogen-bond donors (Lipinski definition) is 1. The molecule has 1 fully saturated rings. The van der Waals surface area contributed by atoms with Gasteiger partial charge >= 0.3 is 0 Å². The van der Waals surface area contributed by atoms with Gasteiger partial charge in [-0.25, -0.2) is 0 Å². The second kappa shape index (κ2) is 7.28. The van der Waals surface area contributed by atoms with Gasteiger partial charge in [0.2, 0.25) is 5.91 Å². The zero-order chi connectivity index (χ0) is 18.2. The van der Waals surface area contributed by atoms with E-state index in [0.29, 0.717) is 11.8 Å². The highest BCUT2D eigenvalue weighted by Gasteiger charge is 2.34. The smallest absolute Gasteiger partial charge is 0.230 e. The fourth-order valence-electron chi connectivity index (χ4n) is 4.59. The summed E-state index contributed by atoms with van der Waals surface area (Å²) >= 11 is 1.87. The molecule has 1 aromatic carbocycles. The van der Waals surface area contributed by atoms with E-state index in [-0.39, 0.29) is 5.92 Å². The first-order valence-corrected chi connectivity index (χ1v) is 10.9. The monoisotopic (exact) mass is 383 g/mol. The van der Waals surface area contributed by atoms with Gasteiger partial charge in [-0.1, -0.05) is 18.2 Å². The molecular weight excluding hydrogens is 358 g/mol. The molecule has 3 aliphatic rings. The van der Waals surface area contributed by atoms with E-state index in [0.717, 1.165) is 69.4 Å². The predicted octanol–water partition coefficient (Wildman–Crippen LogP) is 2.37. The summed E-state index contributed by atoms with van der Waals surface area (Å²) in [5, 5.41) is 12.2. The van der Waals surface area contributed by atoms with E-state index in [9.17, 15) is 4.79 Å². The van der Waals surface area contributed by atoms with E-state index in [1.54, 1.807) is 0 Å². The highest BCUT2D eigenvalue weighted by Crippen LogP contribution is 2.39. The van der Waals surface area contributed by atoms with Gasteiger partial charge in [-0.2, -0.15) is 0 Å². The van der Waals surface area contributed by atoms with Crippen molar-refractivity contribution in [2.75, 3.05) is 25.4 Å². The van der Waals surface area contributed by atoms with Crippen LogP contribution in [-0.4, -0.2) is 51.0 Å². The third-order valence-electron chi connectivity index (χ3n) is 6.08. The summed E-state index contributed by atoms with van der Waals surface area (Å²) < 4.78 is 2.28. The maximum atomic E-state index is 13.2. The first-order chi connectivity index (χ1) is 13.3. The number of benzene rings is 1. The number of carbonyl (C=O) groups excluding carboxylic acids is 1. The lowest BCUT2D eigenvalue weighted by Gasteiger charge is -2.35. The minimum absolute atomic E-state index is 0.0333. The summed E-state index contributed by atoms with van der Waals surface area (Å²) in [5.41, 5.74) is 1.22. The van der Waals surface area contributed by atoms with Gasteiger partial charge in [0, 0.05) is 37.0 Å². The Morgan fingerprint density at radius 3 is 2.85 bits per heavy atom. The molecule has 1 saturated heterocycles. The number of piperidine rings is 1. The number of aromatic nitrogens is 3. The Balaban J connectivity index is 1.27. The van der Waals surface area contributed by atoms with Gasteiger partial charge in [-0.15, -0.1) is 22.0 Å². The molecule has 1 N–H and O–H groups in total. The molecule has 142 valence electrons. The van der Waals surface area contributed by atoms with Crippen LogP contribution in [-0.2, 0) is 17.9 Å². The maximum absolute atomic E-state index is 13.2. The van der Waals surface area contributed by atoms with Crippen molar-refractivity contribution < 1.29 is 4.79 Å². The number of nitrogens with zero attached hydrogens (tertiary/aromatic N) is 4. The molecule has 0 spiro atoms. The number of likely N-dealkylation sites (tertiary alicyclic amines) is 1. The summed E-state index contributed by atoms with van der Waals surface area (Å²) in [6, 6.07) is 8.40. The van der Waals surface area contributed by atoms with Crippen molar-refractivity contribution in [3.05, 3.63) is 41.5 Å². The van der Waals surface area contributed by atoms with Crippen molar-refractivity contribution in [1.29, 1.82) is 0 Å². The quantitative estimate of drug-likeness (QED) is 0.863. The minimum Gasteiger partial charge on any atom is -0.342 e. The predicted molar refractivity (Wildman–Crippen MR) is 105 cm³/mol. The molecule has 3 aliphatic heterocycles. The average Bonchev–Trinajstić information content (AvgIpc) is 3.17. The van der Waals surface area contributed by atoms with Gasteiger partial charge in [0.05, 0.1) is 12.5 Å². The van der Waals surface area contributed by atoms with E-state index >= 15 is 0 Å². The number of thioether (sulfide) groups is 1. The van der Waals surface area contributed by atoms with Crippen molar-refractivity contribution in [2.24, 2.45) is 0 Å². The molecule has 27 heavy (non-hydrogen) atoms. The molecule has 7 heteroatoms. The Labute approximate surface area is 163 Å². The van der Waals surface area contributed by atoms with Gasteiger partial charge < -0.3 is 14.8 Å². The highest BCUT2D eigenvalue weighted by molar-refractivity contribution is 7.99. The second-order valence-electron chi connectivity index (χ2n) is 7.63. The lowest BCUT2D eigenvalue weighted by Crippen LogP contribution is -2.42. The first kappa shape index (κ1) is 17.3. The van der Waals surface area contributed by atoms with Gasteiger partial charge in [0.15, 0.2) is 0 Å². The molecule has 0 aliphatic carbocycles. The molecular formula is C20H25N5OS. The topological polar surface area (TPSA) is 63.1 Å². The van der Waals surface area contributed by atoms with Gasteiger partial charge in [0.25, 0.3) is 0 Å². The summed E-state index contributed by atoms with van der Waals surface area (Å²) in [4.78, 5) is 16.6. The van der Waals surface area contributed by atoms with Crippen LogP contribution >= 0.6 is 11.8 Å². The summed E-state index contributed by atoms with van der Waals surface area (Å²) in [5.74, 6) is 3.97. The SMILES string of the molecule is O=C(C1CCSc2ccccc21)N1CCC(c2nnc3n2CCNC3)CC1. The van der Waals surface area contributed by atoms with Gasteiger partial charge in [0.1, 0.15) is 11.6 Å². The number of carbonyl (C=O) groups is 1. The van der Waals surface area contributed by atoms with Crippen LogP contribution in [0, 0.1) is 0 Å². The van der Waals surface area contributed by atoms with Crippen LogP contribution in [0.15, 0.2) is 29.2 Å². The number of fused-ring (bicyclic) bond motifs is 2. The molecule has 0 radical (unpaired) electrons. The molecule has 1 unspecified atom stereocenters. The highest BCUT2D eigenvalue weighted by atomic mass is 32.2. The Morgan fingerprint density at radius 2 is 1.96 bits per heavy atom. The van der Waals surface area contributed by atoms with E-state index in [2.05, 4.69) is 49.2 Å². The van der Waals surface area contributed by atoms with Crippen molar-refractivity contribution in [1.82, 2.24) is 25.0 Å². The van der Waals surface area contributed by atoms with Crippen LogP contribution in [0.3, 0.4) is 0 Å². The van der Waals surface area contributed by atoms with E-state index in [1.165, 1.54) is 10.5 Å². The molecule has 0 saturated carbocycles. The summed E-state index contributed by atoms with van der Waals surface area (Å²) in [7, 11) is 0. The molecule has 1 atom stereocenters. The molecule has 4 heterocycles. The van der Waals surface area contributed by atoms with Crippen LogP contribution in [0.2, 0.25) is 0 Å². The fourth-order valence-corrected chi connectivity index (χ4v) is 5.72. The van der Waals surface area contributed by atoms with Crippen molar-refractivity contribution in [3.63, 3.8) is 0 Å². The fraction of sp³-hybridized carbons (Fsp3) is 0.550. The van der Waals surface area contributed by atoms with Crippen molar-refractivity contribution in [2.45, 2.75) is 49.1 Å². The zero-order valence-electron chi connectivity index (χ0n) is 15.4. The van der Waals surface area contributed by atoms with Gasteiger partial charge in [-0.05, 0) is 36.6 Å².